The molecule has 0 bridgehead atoms. The van der Waals surface area contributed by atoms with Gasteiger partial charge in [0.15, 0.2) is 0 Å². The van der Waals surface area contributed by atoms with Crippen molar-refractivity contribution in [1.82, 2.24) is 15.1 Å². The molecule has 78 valence electrons. The smallest absolute Gasteiger partial charge is 0.0556 e. The maximum Gasteiger partial charge on any atom is 0.0556 e. The van der Waals surface area contributed by atoms with Gasteiger partial charge in [-0.15, -0.1) is 0 Å². The first kappa shape index (κ1) is 9.71. The van der Waals surface area contributed by atoms with Gasteiger partial charge in [0.1, 0.15) is 0 Å². The standard InChI is InChI=1S/C11H19N3/c1-3-14-10(7-8-13-14)11(12-2)9-5-4-6-9/h7-9,11-12H,3-6H2,1-2H3. The summed E-state index contributed by atoms with van der Waals surface area (Å²) in [5.74, 6) is 0.821. The van der Waals surface area contributed by atoms with Crippen LogP contribution in [0.15, 0.2) is 12.3 Å². The van der Waals surface area contributed by atoms with Crippen molar-refractivity contribution in [2.45, 2.75) is 38.8 Å². The van der Waals surface area contributed by atoms with Crippen LogP contribution in [-0.2, 0) is 6.54 Å². The summed E-state index contributed by atoms with van der Waals surface area (Å²) in [7, 11) is 2.05. The largest absolute Gasteiger partial charge is 0.311 e. The highest BCUT2D eigenvalue weighted by Gasteiger charge is 2.29. The number of rotatable bonds is 4. The lowest BCUT2D eigenvalue weighted by atomic mass is 9.78. The second-order valence-corrected chi connectivity index (χ2v) is 4.03. The zero-order valence-electron chi connectivity index (χ0n) is 9.03. The molecule has 0 radical (unpaired) electrons. The summed E-state index contributed by atoms with van der Waals surface area (Å²) in [6, 6.07) is 2.65. The minimum atomic E-state index is 0.506. The van der Waals surface area contributed by atoms with Gasteiger partial charge in [0.2, 0.25) is 0 Å². The van der Waals surface area contributed by atoms with Crippen LogP contribution < -0.4 is 5.32 Å². The SMILES string of the molecule is CCn1nccc1C(NC)C1CCC1. The highest BCUT2D eigenvalue weighted by Crippen LogP contribution is 2.37. The molecule has 3 nitrogen and oxygen atoms in total. The summed E-state index contributed by atoms with van der Waals surface area (Å²) in [5.41, 5.74) is 1.35. The van der Waals surface area contributed by atoms with Crippen LogP contribution in [0.3, 0.4) is 0 Å². The molecule has 14 heavy (non-hydrogen) atoms. The van der Waals surface area contributed by atoms with Crippen LogP contribution in [-0.4, -0.2) is 16.8 Å². The molecule has 0 aromatic carbocycles. The molecule has 1 N–H and O–H groups in total. The highest BCUT2D eigenvalue weighted by atomic mass is 15.3. The van der Waals surface area contributed by atoms with Crippen LogP contribution >= 0.6 is 0 Å². The summed E-state index contributed by atoms with van der Waals surface area (Å²) in [6.07, 6.45) is 6.02. The minimum absolute atomic E-state index is 0.506. The van der Waals surface area contributed by atoms with E-state index in [-0.39, 0.29) is 0 Å². The van der Waals surface area contributed by atoms with Gasteiger partial charge in [0, 0.05) is 12.7 Å². The number of nitrogens with zero attached hydrogens (tertiary/aromatic N) is 2. The van der Waals surface area contributed by atoms with Crippen LogP contribution in [0, 0.1) is 5.92 Å². The van der Waals surface area contributed by atoms with E-state index in [1.54, 1.807) is 0 Å². The molecule has 1 fully saturated rings. The molecular formula is C11H19N3. The Morgan fingerprint density at radius 3 is 2.93 bits per heavy atom. The molecule has 1 unspecified atom stereocenters. The third-order valence-corrected chi connectivity index (χ3v) is 3.30. The summed E-state index contributed by atoms with van der Waals surface area (Å²) >= 11 is 0. The van der Waals surface area contributed by atoms with Crippen molar-refractivity contribution in [3.8, 4) is 0 Å². The number of aromatic nitrogens is 2. The molecule has 1 atom stereocenters. The average molecular weight is 193 g/mol. The van der Waals surface area contributed by atoms with Gasteiger partial charge in [0.25, 0.3) is 0 Å². The van der Waals surface area contributed by atoms with Gasteiger partial charge in [0.05, 0.1) is 11.7 Å². The van der Waals surface area contributed by atoms with E-state index < -0.39 is 0 Å². The highest BCUT2D eigenvalue weighted by molar-refractivity contribution is 5.09. The number of aryl methyl sites for hydroxylation is 1. The van der Waals surface area contributed by atoms with Crippen molar-refractivity contribution in [1.29, 1.82) is 0 Å². The maximum absolute atomic E-state index is 4.32. The van der Waals surface area contributed by atoms with Gasteiger partial charge in [-0.3, -0.25) is 4.68 Å². The van der Waals surface area contributed by atoms with Crippen LogP contribution in [0.5, 0.6) is 0 Å². The van der Waals surface area contributed by atoms with Crippen molar-refractivity contribution in [2.75, 3.05) is 7.05 Å². The molecule has 1 aliphatic carbocycles. The molecule has 1 aromatic heterocycles. The third kappa shape index (κ3) is 1.57. The van der Waals surface area contributed by atoms with Crippen molar-refractivity contribution in [2.24, 2.45) is 5.92 Å². The molecular weight excluding hydrogens is 174 g/mol. The Labute approximate surface area is 85.5 Å². The predicted molar refractivity (Wildman–Crippen MR) is 57.0 cm³/mol. The summed E-state index contributed by atoms with van der Waals surface area (Å²) in [6.45, 7) is 3.11. The van der Waals surface area contributed by atoms with Gasteiger partial charge in [-0.2, -0.15) is 5.10 Å². The fourth-order valence-electron chi connectivity index (χ4n) is 2.27. The lowest BCUT2D eigenvalue weighted by Crippen LogP contribution is -2.31. The van der Waals surface area contributed by atoms with E-state index in [1.807, 2.05) is 6.20 Å². The summed E-state index contributed by atoms with van der Waals surface area (Å²) in [4.78, 5) is 0. The number of hydrogen-bond acceptors (Lipinski definition) is 2. The molecule has 1 aliphatic rings. The lowest BCUT2D eigenvalue weighted by molar-refractivity contribution is 0.230. The number of hydrogen-bond donors (Lipinski definition) is 1. The molecule has 0 aliphatic heterocycles. The quantitative estimate of drug-likeness (QED) is 0.792. The van der Waals surface area contributed by atoms with E-state index in [9.17, 15) is 0 Å². The first-order chi connectivity index (χ1) is 6.86. The van der Waals surface area contributed by atoms with Gasteiger partial charge in [-0.25, -0.2) is 0 Å². The van der Waals surface area contributed by atoms with Gasteiger partial charge < -0.3 is 5.32 Å². The lowest BCUT2D eigenvalue weighted by Gasteiger charge is -2.33. The molecule has 1 aromatic rings. The van der Waals surface area contributed by atoms with Crippen molar-refractivity contribution in [3.05, 3.63) is 18.0 Å². The Hall–Kier alpha value is -0.830. The van der Waals surface area contributed by atoms with E-state index in [2.05, 4.69) is 35.1 Å². The fourth-order valence-corrected chi connectivity index (χ4v) is 2.27. The fraction of sp³-hybridized carbons (Fsp3) is 0.727. The van der Waals surface area contributed by atoms with Crippen LogP contribution in [0.2, 0.25) is 0 Å². The van der Waals surface area contributed by atoms with Crippen molar-refractivity contribution >= 4 is 0 Å². The zero-order chi connectivity index (χ0) is 9.97. The summed E-state index contributed by atoms with van der Waals surface area (Å²) in [5, 5.41) is 7.74. The first-order valence-corrected chi connectivity index (χ1v) is 5.55. The Morgan fingerprint density at radius 2 is 2.43 bits per heavy atom. The normalized spacial score (nSPS) is 19.3. The Kier molecular flexibility index (Phi) is 2.87. The van der Waals surface area contributed by atoms with Crippen LogP contribution in [0.1, 0.15) is 37.9 Å². The predicted octanol–water partition coefficient (Wildman–Crippen LogP) is 1.96. The van der Waals surface area contributed by atoms with Crippen LogP contribution in [0.4, 0.5) is 0 Å². The monoisotopic (exact) mass is 193 g/mol. The molecule has 0 spiro atoms. The molecule has 0 amide bonds. The number of nitrogens with one attached hydrogen (secondary N) is 1. The Morgan fingerprint density at radius 1 is 1.64 bits per heavy atom. The van der Waals surface area contributed by atoms with Crippen molar-refractivity contribution in [3.63, 3.8) is 0 Å². The topological polar surface area (TPSA) is 29.9 Å². The van der Waals surface area contributed by atoms with Gasteiger partial charge >= 0.3 is 0 Å². The van der Waals surface area contributed by atoms with E-state index in [0.29, 0.717) is 6.04 Å². The molecule has 3 heteroatoms. The second kappa shape index (κ2) is 4.13. The van der Waals surface area contributed by atoms with Crippen molar-refractivity contribution < 1.29 is 0 Å². The summed E-state index contributed by atoms with van der Waals surface area (Å²) < 4.78 is 2.10. The second-order valence-electron chi connectivity index (χ2n) is 4.03. The molecule has 0 saturated heterocycles. The van der Waals surface area contributed by atoms with Crippen LogP contribution in [0.25, 0.3) is 0 Å². The Bertz CT molecular complexity index is 288. The first-order valence-electron chi connectivity index (χ1n) is 5.55. The third-order valence-electron chi connectivity index (χ3n) is 3.30. The van der Waals surface area contributed by atoms with E-state index in [0.717, 1.165) is 12.5 Å². The maximum atomic E-state index is 4.32. The zero-order valence-corrected chi connectivity index (χ0v) is 9.03. The van der Waals surface area contributed by atoms with Gasteiger partial charge in [-0.1, -0.05) is 6.42 Å². The van der Waals surface area contributed by atoms with Gasteiger partial charge in [-0.05, 0) is 38.8 Å². The molecule has 1 saturated carbocycles. The average Bonchev–Trinajstić information content (AvgIpc) is 2.58. The van der Waals surface area contributed by atoms with E-state index in [4.69, 9.17) is 0 Å². The molecule has 2 rings (SSSR count). The van der Waals surface area contributed by atoms with E-state index in [1.165, 1.54) is 25.0 Å². The van der Waals surface area contributed by atoms with E-state index >= 15 is 0 Å². The minimum Gasteiger partial charge on any atom is -0.311 e. The molecule has 1 heterocycles. The Balaban J connectivity index is 2.17.